The predicted molar refractivity (Wildman–Crippen MR) is 134 cm³/mol. The Labute approximate surface area is 203 Å². The zero-order valence-electron chi connectivity index (χ0n) is 19.2. The molecule has 34 heavy (non-hydrogen) atoms. The monoisotopic (exact) mass is 478 g/mol. The predicted octanol–water partition coefficient (Wildman–Crippen LogP) is 6.31. The summed E-state index contributed by atoms with van der Waals surface area (Å²) in [5.74, 6) is 0.151. The second kappa shape index (κ2) is 10.7. The van der Waals surface area contributed by atoms with Crippen LogP contribution in [0.25, 0.3) is 22.2 Å². The summed E-state index contributed by atoms with van der Waals surface area (Å²) in [6.45, 7) is 6.14. The molecule has 4 rings (SSSR count). The fourth-order valence-electron chi connectivity index (χ4n) is 3.84. The van der Waals surface area contributed by atoms with Gasteiger partial charge in [-0.3, -0.25) is 4.98 Å². The molecule has 0 unspecified atom stereocenters. The highest BCUT2D eigenvalue weighted by molar-refractivity contribution is 6.30. The summed E-state index contributed by atoms with van der Waals surface area (Å²) in [5, 5.41) is 11.3. The van der Waals surface area contributed by atoms with Crippen LogP contribution in [0.5, 0.6) is 5.75 Å². The first kappa shape index (κ1) is 23.8. The number of carbonyl (C=O) groups is 1. The SMILES string of the molecule is CC(C)COCc1cccc(-c2nccc3c2cc(C(=O)O)n3CCOc2ccc(Cl)cc2)c1. The van der Waals surface area contributed by atoms with E-state index in [1.54, 1.807) is 41.1 Å². The Morgan fingerprint density at radius 1 is 1.12 bits per heavy atom. The third-order valence-electron chi connectivity index (χ3n) is 5.37. The van der Waals surface area contributed by atoms with Crippen LogP contribution in [0.4, 0.5) is 0 Å². The van der Waals surface area contributed by atoms with Crippen molar-refractivity contribution in [3.8, 4) is 17.0 Å². The lowest BCUT2D eigenvalue weighted by atomic mass is 10.0. The number of ether oxygens (including phenoxy) is 2. The maximum Gasteiger partial charge on any atom is 0.352 e. The minimum absolute atomic E-state index is 0.195. The molecule has 0 spiro atoms. The molecule has 0 radical (unpaired) electrons. The van der Waals surface area contributed by atoms with Gasteiger partial charge in [-0.2, -0.15) is 0 Å². The summed E-state index contributed by atoms with van der Waals surface area (Å²) >= 11 is 5.92. The zero-order chi connectivity index (χ0) is 24.1. The second-order valence-corrected chi connectivity index (χ2v) is 8.93. The fraction of sp³-hybridized carbons (Fsp3) is 0.259. The molecule has 4 aromatic rings. The number of halogens is 1. The van der Waals surface area contributed by atoms with Crippen LogP contribution in [-0.2, 0) is 17.9 Å². The van der Waals surface area contributed by atoms with Crippen molar-refractivity contribution in [3.63, 3.8) is 0 Å². The molecule has 0 saturated heterocycles. The van der Waals surface area contributed by atoms with E-state index < -0.39 is 5.97 Å². The lowest BCUT2D eigenvalue weighted by Crippen LogP contribution is -2.13. The van der Waals surface area contributed by atoms with Crippen molar-refractivity contribution in [1.29, 1.82) is 0 Å². The highest BCUT2D eigenvalue weighted by Gasteiger charge is 2.18. The Kier molecular flexibility index (Phi) is 7.50. The standard InChI is InChI=1S/C27H27ClN2O4/c1-18(2)16-33-17-19-4-3-5-20(14-19)26-23-15-25(27(31)32)30(24(23)10-11-29-26)12-13-34-22-8-6-21(28)7-9-22/h3-11,14-15,18H,12-13,16-17H2,1-2H3,(H,31,32). The minimum atomic E-state index is -0.996. The second-order valence-electron chi connectivity index (χ2n) is 8.49. The van der Waals surface area contributed by atoms with E-state index in [1.165, 1.54) is 0 Å². The molecular formula is C27H27ClN2O4. The van der Waals surface area contributed by atoms with Gasteiger partial charge in [0.05, 0.1) is 24.4 Å². The van der Waals surface area contributed by atoms with Gasteiger partial charge in [0, 0.05) is 28.8 Å². The molecule has 0 aliphatic rings. The van der Waals surface area contributed by atoms with Crippen molar-refractivity contribution in [2.45, 2.75) is 27.0 Å². The lowest BCUT2D eigenvalue weighted by molar-refractivity contribution is 0.0684. The highest BCUT2D eigenvalue weighted by atomic mass is 35.5. The molecule has 0 aliphatic heterocycles. The van der Waals surface area contributed by atoms with Crippen molar-refractivity contribution in [3.05, 3.63) is 83.1 Å². The van der Waals surface area contributed by atoms with E-state index in [9.17, 15) is 9.90 Å². The summed E-state index contributed by atoms with van der Waals surface area (Å²) in [6.07, 6.45) is 1.71. The molecule has 7 heteroatoms. The Morgan fingerprint density at radius 2 is 1.91 bits per heavy atom. The van der Waals surface area contributed by atoms with Crippen molar-refractivity contribution in [1.82, 2.24) is 9.55 Å². The topological polar surface area (TPSA) is 73.6 Å². The Morgan fingerprint density at radius 3 is 2.65 bits per heavy atom. The van der Waals surface area contributed by atoms with Gasteiger partial charge in [-0.1, -0.05) is 43.6 Å². The molecule has 0 amide bonds. The first-order valence-electron chi connectivity index (χ1n) is 11.2. The zero-order valence-corrected chi connectivity index (χ0v) is 20.0. The molecular weight excluding hydrogens is 452 g/mol. The van der Waals surface area contributed by atoms with Crippen molar-refractivity contribution in [2.24, 2.45) is 5.92 Å². The summed E-state index contributed by atoms with van der Waals surface area (Å²) in [6, 6.07) is 18.6. The van der Waals surface area contributed by atoms with Crippen LogP contribution in [0.2, 0.25) is 5.02 Å². The van der Waals surface area contributed by atoms with Gasteiger partial charge in [0.25, 0.3) is 0 Å². The maximum absolute atomic E-state index is 12.0. The van der Waals surface area contributed by atoms with Gasteiger partial charge in [0.2, 0.25) is 0 Å². The lowest BCUT2D eigenvalue weighted by Gasteiger charge is -2.11. The smallest absolute Gasteiger partial charge is 0.352 e. The van der Waals surface area contributed by atoms with Gasteiger partial charge in [-0.25, -0.2) is 4.79 Å². The third-order valence-corrected chi connectivity index (χ3v) is 5.62. The van der Waals surface area contributed by atoms with Crippen molar-refractivity contribution < 1.29 is 19.4 Å². The molecule has 0 aliphatic carbocycles. The number of hydrogen-bond donors (Lipinski definition) is 1. The molecule has 2 aromatic heterocycles. The first-order chi connectivity index (χ1) is 16.4. The fourth-order valence-corrected chi connectivity index (χ4v) is 3.97. The first-order valence-corrected chi connectivity index (χ1v) is 11.6. The number of nitrogens with zero attached hydrogens (tertiary/aromatic N) is 2. The van der Waals surface area contributed by atoms with E-state index in [0.29, 0.717) is 43.1 Å². The Hall–Kier alpha value is -3.35. The van der Waals surface area contributed by atoms with Crippen LogP contribution in [-0.4, -0.2) is 33.8 Å². The Bertz CT molecular complexity index is 1280. The van der Waals surface area contributed by atoms with Gasteiger partial charge in [-0.05, 0) is 53.9 Å². The van der Waals surface area contributed by atoms with Gasteiger partial charge in [-0.15, -0.1) is 0 Å². The molecule has 6 nitrogen and oxygen atoms in total. The largest absolute Gasteiger partial charge is 0.492 e. The molecule has 0 atom stereocenters. The van der Waals surface area contributed by atoms with Crippen LogP contribution < -0.4 is 4.74 Å². The number of hydrogen-bond acceptors (Lipinski definition) is 4. The minimum Gasteiger partial charge on any atom is -0.492 e. The number of carboxylic acids is 1. The number of benzene rings is 2. The van der Waals surface area contributed by atoms with Gasteiger partial charge in [0.15, 0.2) is 0 Å². The average Bonchev–Trinajstić information content (AvgIpc) is 3.19. The molecule has 2 aromatic carbocycles. The molecule has 176 valence electrons. The summed E-state index contributed by atoms with van der Waals surface area (Å²) in [5.41, 5.74) is 3.70. The number of pyridine rings is 1. The maximum atomic E-state index is 12.0. The number of carboxylic acid groups (broad SMARTS) is 1. The molecule has 0 bridgehead atoms. The normalized spacial score (nSPS) is 11.3. The van der Waals surface area contributed by atoms with Crippen LogP contribution in [0.1, 0.15) is 29.9 Å². The van der Waals surface area contributed by atoms with E-state index in [2.05, 4.69) is 18.8 Å². The van der Waals surface area contributed by atoms with Crippen LogP contribution in [0.15, 0.2) is 66.9 Å². The average molecular weight is 479 g/mol. The van der Waals surface area contributed by atoms with Gasteiger partial charge < -0.3 is 19.1 Å². The van der Waals surface area contributed by atoms with E-state index >= 15 is 0 Å². The highest BCUT2D eigenvalue weighted by Crippen LogP contribution is 2.30. The van der Waals surface area contributed by atoms with E-state index in [-0.39, 0.29) is 5.69 Å². The molecule has 0 fully saturated rings. The van der Waals surface area contributed by atoms with E-state index in [0.717, 1.165) is 27.7 Å². The number of aromatic nitrogens is 2. The van der Waals surface area contributed by atoms with Gasteiger partial charge in [0.1, 0.15) is 18.1 Å². The van der Waals surface area contributed by atoms with Crippen LogP contribution in [0.3, 0.4) is 0 Å². The molecule has 0 saturated carbocycles. The van der Waals surface area contributed by atoms with E-state index in [1.807, 2.05) is 30.3 Å². The van der Waals surface area contributed by atoms with E-state index in [4.69, 9.17) is 21.1 Å². The summed E-state index contributed by atoms with van der Waals surface area (Å²) in [7, 11) is 0. The summed E-state index contributed by atoms with van der Waals surface area (Å²) in [4.78, 5) is 16.6. The number of aromatic carboxylic acids is 1. The summed E-state index contributed by atoms with van der Waals surface area (Å²) < 4.78 is 13.3. The number of fused-ring (bicyclic) bond motifs is 1. The molecule has 2 heterocycles. The quantitative estimate of drug-likeness (QED) is 0.289. The van der Waals surface area contributed by atoms with Crippen LogP contribution >= 0.6 is 11.6 Å². The molecule has 1 N–H and O–H groups in total. The number of rotatable bonds is 10. The van der Waals surface area contributed by atoms with Crippen molar-refractivity contribution in [2.75, 3.05) is 13.2 Å². The third kappa shape index (κ3) is 5.58. The Balaban J connectivity index is 1.61. The van der Waals surface area contributed by atoms with Crippen LogP contribution in [0, 0.1) is 5.92 Å². The van der Waals surface area contributed by atoms with Gasteiger partial charge >= 0.3 is 5.97 Å². The van der Waals surface area contributed by atoms with Crippen molar-refractivity contribution >= 4 is 28.5 Å².